The molecule has 0 aliphatic carbocycles. The summed E-state index contributed by atoms with van der Waals surface area (Å²) in [5, 5.41) is 39.2. The average Bonchev–Trinajstić information content (AvgIpc) is 1.64. The van der Waals surface area contributed by atoms with E-state index in [-0.39, 0.29) is 61.8 Å². The molecule has 7 aromatic rings. The number of nitrogens with one attached hydrogen (secondary N) is 13. The number of rotatable bonds is 15. The lowest BCUT2D eigenvalue weighted by Crippen LogP contribution is -2.61. The van der Waals surface area contributed by atoms with Crippen molar-refractivity contribution in [3.63, 3.8) is 0 Å². The van der Waals surface area contributed by atoms with Crippen molar-refractivity contribution in [1.29, 1.82) is 0 Å². The van der Waals surface area contributed by atoms with E-state index in [0.717, 1.165) is 11.1 Å². The van der Waals surface area contributed by atoms with Gasteiger partial charge in [-0.2, -0.15) is 23.5 Å². The third-order valence-corrected chi connectivity index (χ3v) is 20.2. The predicted octanol–water partition coefficient (Wildman–Crippen LogP) is 0.901. The molecule has 29 nitrogen and oxygen atoms in total. The zero-order chi connectivity index (χ0) is 72.4. The van der Waals surface area contributed by atoms with E-state index in [1.54, 1.807) is 24.5 Å². The molecule has 7 heterocycles. The van der Waals surface area contributed by atoms with Gasteiger partial charge >= 0.3 is 5.97 Å². The Hall–Kier alpha value is -9.96. The lowest BCUT2D eigenvalue weighted by molar-refractivity contribution is -0.143. The van der Waals surface area contributed by atoms with E-state index in [2.05, 4.69) is 73.1 Å². The number of carbonyl (C=O) groups excluding carboxylic acids is 10. The first-order valence-electron chi connectivity index (χ1n) is 33.7. The number of primary amides is 1. The Morgan fingerprint density at radius 3 is 1.90 bits per heavy atom. The molecule has 2 saturated heterocycles. The Balaban J connectivity index is 0.979. The van der Waals surface area contributed by atoms with Crippen molar-refractivity contribution in [2.75, 3.05) is 44.4 Å². The topological polar surface area (TPSA) is 444 Å². The highest BCUT2D eigenvalue weighted by Gasteiger charge is 2.41. The number of H-pyrrole nitrogens is 3. The van der Waals surface area contributed by atoms with Gasteiger partial charge in [0.2, 0.25) is 59.1 Å². The normalized spacial score (nSPS) is 23.5. The minimum atomic E-state index is -2.00. The number of aromatic nitrogens is 4. The first-order chi connectivity index (χ1) is 49.2. The molecule has 0 spiro atoms. The minimum absolute atomic E-state index is 0.0173. The number of carboxylic acid groups (broad SMARTS) is 1. The number of thioether (sulfide) groups is 2. The maximum atomic E-state index is 15.2. The minimum Gasteiger partial charge on any atom is -0.481 e. The molecule has 542 valence electrons. The molecule has 1 unspecified atom stereocenters. The zero-order valence-corrected chi connectivity index (χ0v) is 57.3. The number of nitrogens with two attached hydrogens (primary N) is 2. The quantitative estimate of drug-likeness (QED) is 0.0634. The summed E-state index contributed by atoms with van der Waals surface area (Å²) in [5.74, 6) is -10.1. The van der Waals surface area contributed by atoms with Crippen molar-refractivity contribution < 1.29 is 66.6 Å². The highest BCUT2D eigenvalue weighted by atomic mass is 32.2. The van der Waals surface area contributed by atoms with Crippen molar-refractivity contribution in [2.45, 2.75) is 137 Å². The Kier molecular flexibility index (Phi) is 26.1. The van der Waals surface area contributed by atoms with Crippen molar-refractivity contribution in [3.05, 3.63) is 137 Å². The van der Waals surface area contributed by atoms with E-state index < -0.39 is 150 Å². The van der Waals surface area contributed by atoms with Gasteiger partial charge < -0.3 is 89.6 Å². The Labute approximate surface area is 592 Å². The monoisotopic (exact) mass is 1440 g/mol. The smallest absolute Gasteiger partial charge is 0.305 e. The lowest BCUT2D eigenvalue weighted by atomic mass is 10.0. The van der Waals surface area contributed by atoms with Crippen molar-refractivity contribution in [2.24, 2.45) is 11.5 Å². The second-order valence-corrected chi connectivity index (χ2v) is 27.6. The number of carboxylic acids is 1. The van der Waals surface area contributed by atoms with Crippen LogP contribution in [-0.4, -0.2) is 194 Å². The third-order valence-electron chi connectivity index (χ3n) is 18.0. The van der Waals surface area contributed by atoms with E-state index in [9.17, 15) is 47.4 Å². The van der Waals surface area contributed by atoms with Crippen LogP contribution in [-0.2, 0) is 83.5 Å². The Bertz CT molecular complexity index is 4220. The van der Waals surface area contributed by atoms with Gasteiger partial charge in [0.1, 0.15) is 65.6 Å². The van der Waals surface area contributed by atoms with Crippen LogP contribution in [0.1, 0.15) is 79.2 Å². The third kappa shape index (κ3) is 20.2. The van der Waals surface area contributed by atoms with E-state index in [1.807, 2.05) is 24.3 Å². The lowest BCUT2D eigenvalue weighted by Gasteiger charge is -2.31. The summed E-state index contributed by atoms with van der Waals surface area (Å²) < 4.78 is 29.9. The molecule has 0 saturated carbocycles. The molecule has 18 N–H and O–H groups in total. The zero-order valence-electron chi connectivity index (χ0n) is 55.6. The highest BCUT2D eigenvalue weighted by Crippen LogP contribution is 2.27. The van der Waals surface area contributed by atoms with Crippen LogP contribution in [0.5, 0.6) is 0 Å². The Morgan fingerprint density at radius 2 is 1.24 bits per heavy atom. The van der Waals surface area contributed by atoms with Gasteiger partial charge in [-0.3, -0.25) is 52.7 Å². The summed E-state index contributed by atoms with van der Waals surface area (Å²) in [4.78, 5) is 172. The number of aromatic amines is 3. The first kappa shape index (κ1) is 74.7. The number of unbranched alkanes of at least 4 members (excludes halogenated alkanes) is 1. The van der Waals surface area contributed by atoms with Crippen molar-refractivity contribution in [1.82, 2.24) is 78.0 Å². The van der Waals surface area contributed by atoms with Gasteiger partial charge in [-0.1, -0.05) is 24.3 Å². The molecule has 2 fully saturated rings. The van der Waals surface area contributed by atoms with Gasteiger partial charge in [-0.15, -0.1) is 0 Å². The van der Waals surface area contributed by atoms with Crippen LogP contribution in [0.15, 0.2) is 97.6 Å². The number of amides is 10. The predicted molar refractivity (Wildman–Crippen MR) is 377 cm³/mol. The molecule has 10 amide bonds. The summed E-state index contributed by atoms with van der Waals surface area (Å²) in [5.41, 5.74) is 16.0. The first-order valence-corrected chi connectivity index (χ1v) is 36.0. The number of carbonyl (C=O) groups is 11. The van der Waals surface area contributed by atoms with E-state index in [1.165, 1.54) is 77.2 Å². The molecule has 3 aliphatic heterocycles. The molecule has 0 radical (unpaired) electrons. The van der Waals surface area contributed by atoms with Crippen LogP contribution in [0.4, 0.5) is 8.78 Å². The number of halogens is 2. The molecular formula is C69H83F2N17O12S2. The number of hydrogen-bond donors (Lipinski definition) is 16. The van der Waals surface area contributed by atoms with Crippen molar-refractivity contribution >= 4 is 121 Å². The van der Waals surface area contributed by atoms with Gasteiger partial charge in [0.05, 0.1) is 13.0 Å². The second-order valence-electron chi connectivity index (χ2n) is 25.5. The number of nitrogens with zero attached hydrogens (tertiary/aromatic N) is 2. The van der Waals surface area contributed by atoms with Gasteiger partial charge in [0.25, 0.3) is 0 Å². The molecule has 102 heavy (non-hydrogen) atoms. The molecule has 2 bridgehead atoms. The van der Waals surface area contributed by atoms with Crippen LogP contribution < -0.4 is 64.6 Å². The number of fused-ring (bicyclic) bond motifs is 6. The van der Waals surface area contributed by atoms with E-state index >= 15 is 19.2 Å². The maximum Gasteiger partial charge on any atom is 0.305 e. The number of pyridine rings is 1. The average molecular weight is 1440 g/mol. The van der Waals surface area contributed by atoms with Gasteiger partial charge in [0, 0.05) is 126 Å². The molecule has 9 atom stereocenters. The van der Waals surface area contributed by atoms with Crippen LogP contribution >= 0.6 is 23.5 Å². The number of aliphatic carboxylic acids is 1. The van der Waals surface area contributed by atoms with Crippen LogP contribution in [0, 0.1) is 11.6 Å². The second kappa shape index (κ2) is 35.6. The summed E-state index contributed by atoms with van der Waals surface area (Å²) >= 11 is 2.82. The molecule has 3 aliphatic rings. The summed E-state index contributed by atoms with van der Waals surface area (Å²) in [7, 11) is 0. The fraction of sp³-hybridized carbons (Fsp3) is 0.420. The molecule has 4 aromatic heterocycles. The summed E-state index contributed by atoms with van der Waals surface area (Å²) in [6.07, 6.45) is 5.53. The maximum absolute atomic E-state index is 15.2. The summed E-state index contributed by atoms with van der Waals surface area (Å²) in [6, 6.07) is 6.51. The van der Waals surface area contributed by atoms with Gasteiger partial charge in [-0.05, 0) is 121 Å². The van der Waals surface area contributed by atoms with Gasteiger partial charge in [-0.25, -0.2) is 13.8 Å². The molecule has 10 rings (SSSR count). The standard InChI is InChI=1S/C69H83F2N17O12S2/c70-42-11-13-48-46(24-42)40(28-76-48)21-51-64(95)83-52(22-41-29-77-49-14-12-43(71)25-47(41)49)65(96)85-54(27-60(91)92)67(98)84-53(26-44-31-74-36-80-44)66(97)86-55(23-39-30-78-62-45(39)8-4-17-75-62)69(100)88-18-5-10-57(88)68(99)87-56(61(73)93)35-102-34-38-7-3-6-37(20-38)33-101-19-15-58(89)81-50(9-1-2-16-72)63(94)79-32-59(90)82-51/h3-4,6-8,11-14,17,20,24-25,28-30,44,50-57,74,76-77,80H,1-2,5,9-10,15-16,18-19,21-23,26-27,31-36,72H2,(H2,73,93)(H,75,78)(H,79,94)(H,81,89)(H,82,90)(H,83,95)(H,84,98)(H,85,96)(H,86,97)(H,87,99)(H,91,92)/t44?,50-,51-,52-,53-,54-,55-,56-,57-/m0/s1. The highest BCUT2D eigenvalue weighted by molar-refractivity contribution is 7.98. The van der Waals surface area contributed by atoms with Crippen LogP contribution in [0.3, 0.4) is 0 Å². The Morgan fingerprint density at radius 1 is 0.627 bits per heavy atom. The SMILES string of the molecule is NCCCC[C@@H]1NC(=O)CCSCc2cccc(c2)CSC[C@@H](C(N)=O)NC(=O)[C@@H]2CCCN2C(=O)[C@H](Cc2c[nH]c3ncccc23)NC(=O)[C@H](CC2CNCN2)NC(=O)[C@H](CC(=O)O)NC(=O)[C@H](Cc2c[nH]c3ccc(F)cc23)NC(=O)[C@H](Cc2c[nH]c3ccc(F)cc23)NC(=O)CNC1=O. The molecule has 33 heteroatoms. The van der Waals surface area contributed by atoms with Crippen LogP contribution in [0.25, 0.3) is 32.8 Å². The fourth-order valence-corrected chi connectivity index (χ4v) is 14.7. The van der Waals surface area contributed by atoms with Gasteiger partial charge in [0.15, 0.2) is 0 Å². The van der Waals surface area contributed by atoms with Crippen LogP contribution in [0.2, 0.25) is 0 Å². The summed E-state index contributed by atoms with van der Waals surface area (Å²) in [6.45, 7) is 0.235. The molecule has 3 aromatic carbocycles. The largest absolute Gasteiger partial charge is 0.481 e. The number of benzene rings is 3. The van der Waals surface area contributed by atoms with E-state index in [0.29, 0.717) is 94.9 Å². The molecular weight excluding hydrogens is 1360 g/mol. The van der Waals surface area contributed by atoms with Crippen molar-refractivity contribution in [3.8, 4) is 0 Å². The fourth-order valence-electron chi connectivity index (χ4n) is 12.8. The number of hydrogen-bond acceptors (Lipinski definition) is 17. The van der Waals surface area contributed by atoms with E-state index in [4.69, 9.17) is 11.5 Å².